The number of hydrogen-bond donors (Lipinski definition) is 2. The molecule has 3 aromatic carbocycles. The number of anilines is 1. The lowest BCUT2D eigenvalue weighted by Gasteiger charge is -2.12. The van der Waals surface area contributed by atoms with Gasteiger partial charge in [-0.1, -0.05) is 23.4 Å². The van der Waals surface area contributed by atoms with E-state index in [0.717, 1.165) is 17.0 Å². The topological polar surface area (TPSA) is 129 Å². The molecule has 0 aliphatic rings. The summed E-state index contributed by atoms with van der Waals surface area (Å²) in [5.41, 5.74) is 2.06. The number of hydrogen-bond acceptors (Lipinski definition) is 7. The molecule has 186 valence electrons. The summed E-state index contributed by atoms with van der Waals surface area (Å²) in [5, 5.41) is 17.6. The van der Waals surface area contributed by atoms with Crippen LogP contribution in [-0.4, -0.2) is 41.4 Å². The van der Waals surface area contributed by atoms with Gasteiger partial charge in [-0.3, -0.25) is 9.36 Å². The number of ether oxygens (including phenoxy) is 1. The lowest BCUT2D eigenvalue weighted by Crippen LogP contribution is -2.15. The van der Waals surface area contributed by atoms with Crippen LogP contribution in [0.4, 0.5) is 5.69 Å². The number of rotatable bonds is 9. The molecule has 0 atom stereocenters. The maximum Gasteiger partial charge on any atom is 0.238 e. The average Bonchev–Trinajstić information content (AvgIpc) is 3.28. The molecule has 36 heavy (non-hydrogen) atoms. The molecule has 12 heteroatoms. The van der Waals surface area contributed by atoms with Crippen LogP contribution in [0.15, 0.2) is 82.8 Å². The van der Waals surface area contributed by atoms with Crippen LogP contribution in [-0.2, 0) is 14.8 Å². The number of primary sulfonamides is 1. The molecule has 0 saturated carbocycles. The summed E-state index contributed by atoms with van der Waals surface area (Å²) in [6.45, 7) is 2.48. The minimum Gasteiger partial charge on any atom is -0.494 e. The number of halogens is 1. The molecule has 0 spiro atoms. The van der Waals surface area contributed by atoms with Crippen molar-refractivity contribution in [2.75, 3.05) is 17.7 Å². The Morgan fingerprint density at radius 1 is 1.03 bits per heavy atom. The van der Waals surface area contributed by atoms with Gasteiger partial charge in [-0.15, -0.1) is 10.2 Å². The number of nitrogens with two attached hydrogens (primary N) is 1. The Morgan fingerprint density at radius 3 is 2.31 bits per heavy atom. The van der Waals surface area contributed by atoms with Crippen LogP contribution in [0.3, 0.4) is 0 Å². The second kappa shape index (κ2) is 11.1. The summed E-state index contributed by atoms with van der Waals surface area (Å²) in [4.78, 5) is 12.5. The number of carbonyl (C=O) groups excluding carboxylic acids is 1. The van der Waals surface area contributed by atoms with Crippen LogP contribution in [0.1, 0.15) is 6.92 Å². The van der Waals surface area contributed by atoms with Crippen molar-refractivity contribution in [1.29, 1.82) is 0 Å². The van der Waals surface area contributed by atoms with Gasteiger partial charge in [0.15, 0.2) is 11.0 Å². The minimum absolute atomic E-state index is 0.0342. The van der Waals surface area contributed by atoms with Crippen LogP contribution < -0.4 is 15.2 Å². The predicted octanol–water partition coefficient (Wildman–Crippen LogP) is 4.36. The fourth-order valence-corrected chi connectivity index (χ4v) is 4.69. The molecule has 4 rings (SSSR count). The first-order valence-electron chi connectivity index (χ1n) is 10.7. The Labute approximate surface area is 217 Å². The van der Waals surface area contributed by atoms with E-state index in [4.69, 9.17) is 21.5 Å². The largest absolute Gasteiger partial charge is 0.494 e. The van der Waals surface area contributed by atoms with E-state index in [9.17, 15) is 13.2 Å². The first kappa shape index (κ1) is 25.7. The van der Waals surface area contributed by atoms with E-state index in [0.29, 0.717) is 28.3 Å². The number of sulfonamides is 1. The maximum absolute atomic E-state index is 12.6. The second-order valence-corrected chi connectivity index (χ2v) is 10.4. The van der Waals surface area contributed by atoms with Crippen molar-refractivity contribution in [3.05, 3.63) is 77.8 Å². The summed E-state index contributed by atoms with van der Waals surface area (Å²) < 4.78 is 30.2. The Kier molecular flexibility index (Phi) is 7.94. The number of benzene rings is 3. The molecule has 1 aromatic heterocycles. The van der Waals surface area contributed by atoms with Gasteiger partial charge in [0.05, 0.1) is 17.3 Å². The molecule has 9 nitrogen and oxygen atoms in total. The molecular formula is C24H22ClN5O4S2. The molecule has 0 radical (unpaired) electrons. The molecule has 0 aliphatic heterocycles. The highest BCUT2D eigenvalue weighted by molar-refractivity contribution is 7.99. The minimum atomic E-state index is -3.80. The Hall–Kier alpha value is -3.38. The van der Waals surface area contributed by atoms with Gasteiger partial charge < -0.3 is 10.1 Å². The van der Waals surface area contributed by atoms with E-state index >= 15 is 0 Å². The standard InChI is InChI=1S/C24H22ClN5O4S2/c1-2-34-20-11-9-19(10-12-20)30-23(16-3-5-17(25)6-4-16)28-29-24(30)35-15-22(31)27-18-7-13-21(14-8-18)36(26,32)33/h3-14H,2,15H2,1H3,(H,27,31)(H2,26,32,33). The number of amides is 1. The van der Waals surface area contributed by atoms with Gasteiger partial charge >= 0.3 is 0 Å². The predicted molar refractivity (Wildman–Crippen MR) is 140 cm³/mol. The highest BCUT2D eigenvalue weighted by atomic mass is 35.5. The SMILES string of the molecule is CCOc1ccc(-n2c(SCC(=O)Nc3ccc(S(N)(=O)=O)cc3)nnc2-c2ccc(Cl)cc2)cc1. The van der Waals surface area contributed by atoms with Crippen molar-refractivity contribution in [3.8, 4) is 22.8 Å². The molecule has 1 heterocycles. The lowest BCUT2D eigenvalue weighted by molar-refractivity contribution is -0.113. The van der Waals surface area contributed by atoms with Gasteiger partial charge in [-0.25, -0.2) is 13.6 Å². The zero-order chi connectivity index (χ0) is 25.7. The van der Waals surface area contributed by atoms with Gasteiger partial charge in [0, 0.05) is 22.0 Å². The number of thioether (sulfide) groups is 1. The van der Waals surface area contributed by atoms with E-state index in [1.54, 1.807) is 12.1 Å². The van der Waals surface area contributed by atoms with E-state index in [1.165, 1.54) is 36.0 Å². The van der Waals surface area contributed by atoms with E-state index < -0.39 is 10.0 Å². The normalized spacial score (nSPS) is 11.3. The van der Waals surface area contributed by atoms with Gasteiger partial charge in [0.2, 0.25) is 15.9 Å². The Morgan fingerprint density at radius 2 is 1.69 bits per heavy atom. The monoisotopic (exact) mass is 543 g/mol. The summed E-state index contributed by atoms with van der Waals surface area (Å²) in [6, 6.07) is 20.4. The smallest absolute Gasteiger partial charge is 0.238 e. The van der Waals surface area contributed by atoms with Gasteiger partial charge in [0.25, 0.3) is 0 Å². The first-order valence-corrected chi connectivity index (χ1v) is 13.7. The van der Waals surface area contributed by atoms with Crippen LogP contribution in [0.25, 0.3) is 17.1 Å². The fourth-order valence-electron chi connectivity index (χ4n) is 3.30. The van der Waals surface area contributed by atoms with Crippen molar-refractivity contribution >= 4 is 45.0 Å². The van der Waals surface area contributed by atoms with Gasteiger partial charge in [-0.05, 0) is 79.7 Å². The Bertz CT molecular complexity index is 1460. The molecule has 1 amide bonds. The average molecular weight is 544 g/mol. The summed E-state index contributed by atoms with van der Waals surface area (Å²) in [5.74, 6) is 1.09. The van der Waals surface area contributed by atoms with Gasteiger partial charge in [0.1, 0.15) is 5.75 Å². The summed E-state index contributed by atoms with van der Waals surface area (Å²) in [7, 11) is -3.80. The van der Waals surface area contributed by atoms with Crippen LogP contribution in [0.5, 0.6) is 5.75 Å². The van der Waals surface area contributed by atoms with Crippen molar-refractivity contribution in [1.82, 2.24) is 14.8 Å². The fraction of sp³-hybridized carbons (Fsp3) is 0.125. The van der Waals surface area contributed by atoms with E-state index in [2.05, 4.69) is 15.5 Å². The molecule has 0 bridgehead atoms. The van der Waals surface area contributed by atoms with Crippen molar-refractivity contribution < 1.29 is 17.9 Å². The third-order valence-electron chi connectivity index (χ3n) is 4.94. The molecule has 4 aromatic rings. The lowest BCUT2D eigenvalue weighted by atomic mass is 10.2. The quantitative estimate of drug-likeness (QED) is 0.300. The Balaban J connectivity index is 1.55. The highest BCUT2D eigenvalue weighted by Crippen LogP contribution is 2.29. The summed E-state index contributed by atoms with van der Waals surface area (Å²) in [6.07, 6.45) is 0. The zero-order valence-corrected chi connectivity index (χ0v) is 21.5. The molecule has 0 unspecified atom stereocenters. The van der Waals surface area contributed by atoms with Gasteiger partial charge in [-0.2, -0.15) is 0 Å². The molecule has 3 N–H and O–H groups in total. The molecule has 0 aliphatic carbocycles. The van der Waals surface area contributed by atoms with Crippen molar-refractivity contribution in [3.63, 3.8) is 0 Å². The third kappa shape index (κ3) is 6.24. The number of carbonyl (C=O) groups is 1. The summed E-state index contributed by atoms with van der Waals surface area (Å²) >= 11 is 7.26. The second-order valence-electron chi connectivity index (χ2n) is 7.48. The van der Waals surface area contributed by atoms with Crippen LogP contribution in [0.2, 0.25) is 5.02 Å². The molecular weight excluding hydrogens is 522 g/mol. The zero-order valence-electron chi connectivity index (χ0n) is 19.1. The van der Waals surface area contributed by atoms with E-state index in [-0.39, 0.29) is 16.6 Å². The molecule has 0 saturated heterocycles. The highest BCUT2D eigenvalue weighted by Gasteiger charge is 2.18. The first-order chi connectivity index (χ1) is 17.2. The van der Waals surface area contributed by atoms with E-state index in [1.807, 2.05) is 47.9 Å². The van der Waals surface area contributed by atoms with Crippen molar-refractivity contribution in [2.24, 2.45) is 5.14 Å². The number of nitrogens with zero attached hydrogens (tertiary/aromatic N) is 3. The third-order valence-corrected chi connectivity index (χ3v) is 7.05. The number of nitrogens with one attached hydrogen (secondary N) is 1. The van der Waals surface area contributed by atoms with Crippen molar-refractivity contribution in [2.45, 2.75) is 17.0 Å². The molecule has 0 fully saturated rings. The van der Waals surface area contributed by atoms with Crippen LogP contribution >= 0.6 is 23.4 Å². The van der Waals surface area contributed by atoms with Crippen LogP contribution in [0, 0.1) is 0 Å². The number of aromatic nitrogens is 3. The maximum atomic E-state index is 12.6.